The molecular weight excluding hydrogens is 412 g/mol. The Hall–Kier alpha value is -1.97. The monoisotopic (exact) mass is 446 g/mol. The highest BCUT2D eigenvalue weighted by Gasteiger charge is 2.25. The van der Waals surface area contributed by atoms with Crippen molar-refractivity contribution in [2.24, 2.45) is 0 Å². The molecule has 0 saturated carbocycles. The van der Waals surface area contributed by atoms with Crippen molar-refractivity contribution in [1.82, 2.24) is 25.0 Å². The molecule has 9 heteroatoms. The Morgan fingerprint density at radius 3 is 2.29 bits per heavy atom. The van der Waals surface area contributed by atoms with Crippen LogP contribution in [0.4, 0.5) is 11.6 Å². The van der Waals surface area contributed by atoms with Crippen LogP contribution >= 0.6 is 0 Å². The van der Waals surface area contributed by atoms with Gasteiger partial charge in [-0.3, -0.25) is 4.98 Å². The number of hydrogen-bond donors (Lipinski definition) is 2. The standard InChI is InChI=1S/C22H34N6O2S/c1-27(2)12-13-28(3)11-6-14-31(29,30)22-24-21(25-26-22)23-20-18-9-4-7-16(18)15-17-8-5-10-19(17)20/h15H,4-14H2,1-3H3,(H2,23,24,25,26). The maximum absolute atomic E-state index is 12.7. The number of aromatic amines is 1. The molecule has 1 heterocycles. The van der Waals surface area contributed by atoms with Gasteiger partial charge in [-0.25, -0.2) is 8.42 Å². The van der Waals surface area contributed by atoms with E-state index in [4.69, 9.17) is 0 Å². The molecule has 1 aromatic carbocycles. The maximum Gasteiger partial charge on any atom is 0.248 e. The number of H-pyrrole nitrogens is 1. The van der Waals surface area contributed by atoms with Crippen LogP contribution in [-0.2, 0) is 35.5 Å². The zero-order chi connectivity index (χ0) is 22.0. The quantitative estimate of drug-likeness (QED) is 0.578. The topological polar surface area (TPSA) is 94.2 Å². The largest absolute Gasteiger partial charge is 0.324 e. The van der Waals surface area contributed by atoms with Crippen molar-refractivity contribution in [1.29, 1.82) is 0 Å². The third-order valence-corrected chi connectivity index (χ3v) is 7.96. The minimum absolute atomic E-state index is 0.0461. The average molecular weight is 447 g/mol. The van der Waals surface area contributed by atoms with E-state index in [1.807, 2.05) is 21.1 Å². The number of benzene rings is 1. The summed E-state index contributed by atoms with van der Waals surface area (Å²) in [5, 5.41) is 11.4. The summed E-state index contributed by atoms with van der Waals surface area (Å²) in [6, 6.07) is 2.38. The van der Waals surface area contributed by atoms with Crippen molar-refractivity contribution in [3.05, 3.63) is 28.3 Å². The summed E-state index contributed by atoms with van der Waals surface area (Å²) in [5.41, 5.74) is 6.71. The van der Waals surface area contributed by atoms with E-state index in [2.05, 4.69) is 36.4 Å². The molecule has 0 saturated heterocycles. The molecule has 0 atom stereocenters. The molecule has 4 rings (SSSR count). The molecule has 8 nitrogen and oxygen atoms in total. The van der Waals surface area contributed by atoms with E-state index in [1.165, 1.54) is 35.1 Å². The Morgan fingerprint density at radius 1 is 0.968 bits per heavy atom. The van der Waals surface area contributed by atoms with Gasteiger partial charge in [0.2, 0.25) is 20.9 Å². The van der Waals surface area contributed by atoms with E-state index in [9.17, 15) is 8.42 Å². The van der Waals surface area contributed by atoms with Crippen molar-refractivity contribution in [2.75, 3.05) is 51.8 Å². The summed E-state index contributed by atoms with van der Waals surface area (Å²) in [4.78, 5) is 7.19. The summed E-state index contributed by atoms with van der Waals surface area (Å²) >= 11 is 0. The second kappa shape index (κ2) is 9.26. The molecule has 0 fully saturated rings. The zero-order valence-corrected chi connectivity index (χ0v) is 19.7. The lowest BCUT2D eigenvalue weighted by Crippen LogP contribution is -2.30. The van der Waals surface area contributed by atoms with Gasteiger partial charge in [0.15, 0.2) is 0 Å². The number of nitrogens with one attached hydrogen (secondary N) is 2. The summed E-state index contributed by atoms with van der Waals surface area (Å²) in [6.07, 6.45) is 7.27. The number of fused-ring (bicyclic) bond motifs is 2. The molecule has 170 valence electrons. The number of rotatable bonds is 10. The molecular formula is C22H34N6O2S. The first-order chi connectivity index (χ1) is 14.8. The predicted molar refractivity (Wildman–Crippen MR) is 123 cm³/mol. The van der Waals surface area contributed by atoms with Gasteiger partial charge < -0.3 is 15.1 Å². The van der Waals surface area contributed by atoms with E-state index in [1.54, 1.807) is 0 Å². The Labute approximate surface area is 185 Å². The summed E-state index contributed by atoms with van der Waals surface area (Å²) in [5.74, 6) is 0.473. The Kier molecular flexibility index (Phi) is 6.64. The lowest BCUT2D eigenvalue weighted by atomic mass is 9.99. The van der Waals surface area contributed by atoms with Crippen molar-refractivity contribution in [2.45, 2.75) is 50.1 Å². The minimum atomic E-state index is -3.49. The van der Waals surface area contributed by atoms with Gasteiger partial charge in [-0.1, -0.05) is 6.07 Å². The molecule has 2 aromatic rings. The van der Waals surface area contributed by atoms with Gasteiger partial charge in [0.1, 0.15) is 0 Å². The molecule has 0 amide bonds. The van der Waals surface area contributed by atoms with E-state index in [0.29, 0.717) is 12.4 Å². The first kappa shape index (κ1) is 22.2. The van der Waals surface area contributed by atoms with E-state index < -0.39 is 9.84 Å². The molecule has 0 aliphatic heterocycles. The second-order valence-corrected chi connectivity index (χ2v) is 11.1. The zero-order valence-electron chi connectivity index (χ0n) is 18.9. The highest BCUT2D eigenvalue weighted by atomic mass is 32.2. The molecule has 0 bridgehead atoms. The number of likely N-dealkylation sites (N-methyl/N-ethyl adjacent to an activating group) is 2. The predicted octanol–water partition coefficient (Wildman–Crippen LogP) is 2.18. The van der Waals surface area contributed by atoms with Crippen molar-refractivity contribution in [3.63, 3.8) is 0 Å². The van der Waals surface area contributed by atoms with Crippen LogP contribution in [0.2, 0.25) is 0 Å². The van der Waals surface area contributed by atoms with Crippen LogP contribution in [0.15, 0.2) is 11.2 Å². The van der Waals surface area contributed by atoms with Crippen molar-refractivity contribution in [3.8, 4) is 0 Å². The van der Waals surface area contributed by atoms with Crippen LogP contribution < -0.4 is 5.32 Å². The molecule has 1 aromatic heterocycles. The summed E-state index contributed by atoms with van der Waals surface area (Å²) in [7, 11) is 2.60. The Bertz CT molecular complexity index is 999. The fourth-order valence-electron chi connectivity index (χ4n) is 4.63. The molecule has 0 spiro atoms. The first-order valence-corrected chi connectivity index (χ1v) is 12.9. The fraction of sp³-hybridized carbons (Fsp3) is 0.636. The number of hydrogen-bond acceptors (Lipinski definition) is 7. The van der Waals surface area contributed by atoms with Gasteiger partial charge in [0.25, 0.3) is 0 Å². The van der Waals surface area contributed by atoms with Gasteiger partial charge in [-0.15, -0.1) is 10.2 Å². The number of sulfone groups is 1. The SMILES string of the molecule is CN(C)CCN(C)CCCS(=O)(=O)c1nnc(Nc2c3c(cc4c2CCC4)CCC3)[nH]1. The summed E-state index contributed by atoms with van der Waals surface area (Å²) in [6.45, 7) is 2.59. The molecule has 2 N–H and O–H groups in total. The van der Waals surface area contributed by atoms with Crippen LogP contribution in [0.3, 0.4) is 0 Å². The number of aromatic nitrogens is 3. The molecule has 0 unspecified atom stereocenters. The number of aryl methyl sites for hydroxylation is 2. The highest BCUT2D eigenvalue weighted by molar-refractivity contribution is 7.91. The molecule has 2 aliphatic rings. The van der Waals surface area contributed by atoms with Crippen molar-refractivity contribution < 1.29 is 8.42 Å². The summed E-state index contributed by atoms with van der Waals surface area (Å²) < 4.78 is 25.5. The van der Waals surface area contributed by atoms with Crippen LogP contribution in [-0.4, -0.2) is 79.9 Å². The third kappa shape index (κ3) is 5.10. The lowest BCUT2D eigenvalue weighted by Gasteiger charge is -2.18. The van der Waals surface area contributed by atoms with Gasteiger partial charge >= 0.3 is 0 Å². The number of nitrogens with zero attached hydrogens (tertiary/aromatic N) is 4. The van der Waals surface area contributed by atoms with Crippen LogP contribution in [0.5, 0.6) is 0 Å². The molecule has 2 aliphatic carbocycles. The number of anilines is 2. The third-order valence-electron chi connectivity index (χ3n) is 6.36. The van der Waals surface area contributed by atoms with Gasteiger partial charge in [0.05, 0.1) is 5.75 Å². The normalized spacial score (nSPS) is 15.6. The van der Waals surface area contributed by atoms with E-state index in [0.717, 1.165) is 51.0 Å². The Balaban J connectivity index is 1.41. The fourth-order valence-corrected chi connectivity index (χ4v) is 5.75. The van der Waals surface area contributed by atoms with E-state index in [-0.39, 0.29) is 10.9 Å². The smallest absolute Gasteiger partial charge is 0.248 e. The van der Waals surface area contributed by atoms with Gasteiger partial charge in [-0.05, 0) is 94.9 Å². The van der Waals surface area contributed by atoms with Gasteiger partial charge in [-0.2, -0.15) is 0 Å². The van der Waals surface area contributed by atoms with Gasteiger partial charge in [0, 0.05) is 18.8 Å². The van der Waals surface area contributed by atoms with Crippen molar-refractivity contribution >= 4 is 21.5 Å². The Morgan fingerprint density at radius 2 is 1.65 bits per heavy atom. The van der Waals surface area contributed by atoms with Crippen LogP contribution in [0, 0.1) is 0 Å². The minimum Gasteiger partial charge on any atom is -0.324 e. The molecule has 0 radical (unpaired) electrons. The molecule has 31 heavy (non-hydrogen) atoms. The lowest BCUT2D eigenvalue weighted by molar-refractivity contribution is 0.283. The van der Waals surface area contributed by atoms with E-state index >= 15 is 0 Å². The average Bonchev–Trinajstić information content (AvgIpc) is 3.46. The van der Waals surface area contributed by atoms with Crippen LogP contribution in [0.25, 0.3) is 0 Å². The van der Waals surface area contributed by atoms with Crippen LogP contribution in [0.1, 0.15) is 41.5 Å². The first-order valence-electron chi connectivity index (χ1n) is 11.3. The second-order valence-electron chi connectivity index (χ2n) is 9.12. The maximum atomic E-state index is 12.7. The highest BCUT2D eigenvalue weighted by Crippen LogP contribution is 2.39.